The van der Waals surface area contributed by atoms with Crippen molar-refractivity contribution in [2.45, 2.75) is 19.8 Å². The van der Waals surface area contributed by atoms with Crippen molar-refractivity contribution in [1.29, 1.82) is 0 Å². The Hall–Kier alpha value is -1.03. The fourth-order valence-corrected chi connectivity index (χ4v) is 1.53. The Labute approximate surface area is 104 Å². The van der Waals surface area contributed by atoms with Gasteiger partial charge in [0, 0.05) is 23.1 Å². The largest absolute Gasteiger partial charge is 0.466 e. The summed E-state index contributed by atoms with van der Waals surface area (Å²) in [5.74, 6) is -0.125. The highest BCUT2D eigenvalue weighted by atomic mass is 79.9. The van der Waals surface area contributed by atoms with Gasteiger partial charge in [-0.05, 0) is 37.6 Å². The van der Waals surface area contributed by atoms with Crippen LogP contribution in [0.4, 0.5) is 5.69 Å². The van der Waals surface area contributed by atoms with E-state index in [1.165, 1.54) is 0 Å². The number of ether oxygens (including phenoxy) is 1. The van der Waals surface area contributed by atoms with E-state index < -0.39 is 0 Å². The fraction of sp³-hybridized carbons (Fsp3) is 0.417. The van der Waals surface area contributed by atoms with Crippen LogP contribution in [0.2, 0.25) is 0 Å². The van der Waals surface area contributed by atoms with Crippen LogP contribution >= 0.6 is 15.9 Å². The molecule has 0 aliphatic heterocycles. The van der Waals surface area contributed by atoms with E-state index >= 15 is 0 Å². The molecule has 0 bridgehead atoms. The minimum absolute atomic E-state index is 0.125. The number of halogens is 1. The van der Waals surface area contributed by atoms with Crippen molar-refractivity contribution in [3.8, 4) is 0 Å². The van der Waals surface area contributed by atoms with Gasteiger partial charge in [0.25, 0.3) is 0 Å². The van der Waals surface area contributed by atoms with E-state index in [0.29, 0.717) is 13.0 Å². The number of benzene rings is 1. The molecule has 3 nitrogen and oxygen atoms in total. The second kappa shape index (κ2) is 7.28. The first kappa shape index (κ1) is 13.0. The lowest BCUT2D eigenvalue weighted by Gasteiger charge is -2.06. The highest BCUT2D eigenvalue weighted by Crippen LogP contribution is 2.13. The standard InChI is InChI=1S/C12H16BrNO2/c1-2-16-12(15)4-3-9-14-11-7-5-10(13)6-8-11/h5-8,14H,2-4,9H2,1H3. The molecule has 1 aromatic rings. The third-order valence-electron chi connectivity index (χ3n) is 2.04. The number of nitrogens with one attached hydrogen (secondary N) is 1. The van der Waals surface area contributed by atoms with Crippen molar-refractivity contribution < 1.29 is 9.53 Å². The maximum atomic E-state index is 11.0. The molecule has 1 aromatic carbocycles. The monoisotopic (exact) mass is 285 g/mol. The summed E-state index contributed by atoms with van der Waals surface area (Å²) in [5, 5.41) is 3.24. The Bertz CT molecular complexity index is 324. The SMILES string of the molecule is CCOC(=O)CCCNc1ccc(Br)cc1. The molecule has 0 fully saturated rings. The van der Waals surface area contributed by atoms with E-state index in [9.17, 15) is 4.79 Å². The Morgan fingerprint density at radius 3 is 2.69 bits per heavy atom. The Balaban J connectivity index is 2.16. The fourth-order valence-electron chi connectivity index (χ4n) is 1.27. The molecule has 0 aliphatic carbocycles. The Morgan fingerprint density at radius 1 is 1.38 bits per heavy atom. The van der Waals surface area contributed by atoms with Gasteiger partial charge in [-0.2, -0.15) is 0 Å². The second-order valence-corrected chi connectivity index (χ2v) is 4.26. The smallest absolute Gasteiger partial charge is 0.305 e. The zero-order valence-corrected chi connectivity index (χ0v) is 10.9. The summed E-state index contributed by atoms with van der Waals surface area (Å²) in [6, 6.07) is 7.95. The summed E-state index contributed by atoms with van der Waals surface area (Å²) in [5.41, 5.74) is 1.06. The van der Waals surface area contributed by atoms with Crippen LogP contribution in [0, 0.1) is 0 Å². The van der Waals surface area contributed by atoms with Crippen molar-refractivity contribution in [3.05, 3.63) is 28.7 Å². The molecule has 4 heteroatoms. The van der Waals surface area contributed by atoms with Gasteiger partial charge >= 0.3 is 5.97 Å². The molecule has 1 N–H and O–H groups in total. The lowest BCUT2D eigenvalue weighted by molar-refractivity contribution is -0.143. The third kappa shape index (κ3) is 5.16. The molecular formula is C12H16BrNO2. The Morgan fingerprint density at radius 2 is 2.06 bits per heavy atom. The molecule has 0 radical (unpaired) electrons. The van der Waals surface area contributed by atoms with Crippen molar-refractivity contribution in [1.82, 2.24) is 0 Å². The first-order chi connectivity index (χ1) is 7.72. The van der Waals surface area contributed by atoms with Crippen molar-refractivity contribution in [2.24, 2.45) is 0 Å². The molecule has 0 aliphatic rings. The van der Waals surface area contributed by atoms with Gasteiger partial charge in [-0.15, -0.1) is 0 Å². The van der Waals surface area contributed by atoms with Gasteiger partial charge < -0.3 is 10.1 Å². The van der Waals surface area contributed by atoms with Gasteiger partial charge in [0.05, 0.1) is 6.61 Å². The highest BCUT2D eigenvalue weighted by Gasteiger charge is 2.00. The first-order valence-electron chi connectivity index (χ1n) is 5.37. The molecule has 0 unspecified atom stereocenters. The molecule has 0 saturated heterocycles. The summed E-state index contributed by atoms with van der Waals surface area (Å²) < 4.78 is 5.90. The molecular weight excluding hydrogens is 270 g/mol. The lowest BCUT2D eigenvalue weighted by Crippen LogP contribution is -2.08. The number of esters is 1. The van der Waals surface area contributed by atoms with E-state index in [-0.39, 0.29) is 5.97 Å². The van der Waals surface area contributed by atoms with Crippen LogP contribution in [0.5, 0.6) is 0 Å². The van der Waals surface area contributed by atoms with Crippen molar-refractivity contribution in [2.75, 3.05) is 18.5 Å². The maximum absolute atomic E-state index is 11.0. The van der Waals surface area contributed by atoms with Crippen molar-refractivity contribution in [3.63, 3.8) is 0 Å². The van der Waals surface area contributed by atoms with E-state index in [1.54, 1.807) is 0 Å². The molecule has 1 rings (SSSR count). The van der Waals surface area contributed by atoms with E-state index in [2.05, 4.69) is 21.2 Å². The summed E-state index contributed by atoms with van der Waals surface area (Å²) in [7, 11) is 0. The molecule has 0 spiro atoms. The van der Waals surface area contributed by atoms with Crippen LogP contribution in [0.1, 0.15) is 19.8 Å². The van der Waals surface area contributed by atoms with Gasteiger partial charge in [0.2, 0.25) is 0 Å². The van der Waals surface area contributed by atoms with Crippen LogP contribution in [0.3, 0.4) is 0 Å². The minimum atomic E-state index is -0.125. The number of hydrogen-bond acceptors (Lipinski definition) is 3. The zero-order valence-electron chi connectivity index (χ0n) is 9.33. The van der Waals surface area contributed by atoms with Gasteiger partial charge in [-0.3, -0.25) is 4.79 Å². The molecule has 0 heterocycles. The average Bonchev–Trinajstić information content (AvgIpc) is 2.27. The van der Waals surface area contributed by atoms with Crippen LogP contribution in [0.25, 0.3) is 0 Å². The predicted molar refractivity (Wildman–Crippen MR) is 68.5 cm³/mol. The second-order valence-electron chi connectivity index (χ2n) is 3.34. The van der Waals surface area contributed by atoms with Gasteiger partial charge in [-0.1, -0.05) is 15.9 Å². The van der Waals surface area contributed by atoms with Gasteiger partial charge in [0.1, 0.15) is 0 Å². The van der Waals surface area contributed by atoms with Crippen LogP contribution < -0.4 is 5.32 Å². The predicted octanol–water partition coefficient (Wildman–Crippen LogP) is 3.20. The van der Waals surface area contributed by atoms with Gasteiger partial charge in [-0.25, -0.2) is 0 Å². The Kier molecular flexibility index (Phi) is 5.93. The highest BCUT2D eigenvalue weighted by molar-refractivity contribution is 9.10. The molecule has 0 amide bonds. The number of carbonyl (C=O) groups excluding carboxylic acids is 1. The summed E-state index contributed by atoms with van der Waals surface area (Å²) in [6.07, 6.45) is 1.26. The number of anilines is 1. The van der Waals surface area contributed by atoms with Crippen LogP contribution in [-0.2, 0) is 9.53 Å². The quantitative estimate of drug-likeness (QED) is 0.644. The molecule has 0 saturated carbocycles. The zero-order chi connectivity index (χ0) is 11.8. The van der Waals surface area contributed by atoms with Gasteiger partial charge in [0.15, 0.2) is 0 Å². The molecule has 88 valence electrons. The molecule has 16 heavy (non-hydrogen) atoms. The van der Waals surface area contributed by atoms with Crippen molar-refractivity contribution >= 4 is 27.6 Å². The summed E-state index contributed by atoms with van der Waals surface area (Å²) in [6.45, 7) is 3.05. The topological polar surface area (TPSA) is 38.3 Å². The number of hydrogen-bond donors (Lipinski definition) is 1. The van der Waals surface area contributed by atoms with Crippen LogP contribution in [0.15, 0.2) is 28.7 Å². The lowest BCUT2D eigenvalue weighted by atomic mass is 10.3. The van der Waals surface area contributed by atoms with Crippen LogP contribution in [-0.4, -0.2) is 19.1 Å². The summed E-state index contributed by atoms with van der Waals surface area (Å²) >= 11 is 3.37. The third-order valence-corrected chi connectivity index (χ3v) is 2.57. The average molecular weight is 286 g/mol. The number of rotatable bonds is 6. The van der Waals surface area contributed by atoms with E-state index in [4.69, 9.17) is 4.74 Å². The number of carbonyl (C=O) groups is 1. The normalized spacial score (nSPS) is 9.88. The van der Waals surface area contributed by atoms with E-state index in [0.717, 1.165) is 23.1 Å². The maximum Gasteiger partial charge on any atom is 0.305 e. The summed E-state index contributed by atoms with van der Waals surface area (Å²) in [4.78, 5) is 11.0. The minimum Gasteiger partial charge on any atom is -0.466 e. The molecule has 0 atom stereocenters. The first-order valence-corrected chi connectivity index (χ1v) is 6.16. The molecule has 0 aromatic heterocycles. The van der Waals surface area contributed by atoms with E-state index in [1.807, 2.05) is 31.2 Å².